The Kier molecular flexibility index (Phi) is 4.88. The Morgan fingerprint density at radius 3 is 2.67 bits per heavy atom. The lowest BCUT2D eigenvalue weighted by molar-refractivity contribution is 0.103. The summed E-state index contributed by atoms with van der Waals surface area (Å²) >= 11 is 0. The quantitative estimate of drug-likeness (QED) is 0.796. The number of nitrogens with one attached hydrogen (secondary N) is 2. The minimum atomic E-state index is -0.571. The lowest BCUT2D eigenvalue weighted by atomic mass is 9.76. The van der Waals surface area contributed by atoms with E-state index in [2.05, 4.69) is 15.7 Å². The summed E-state index contributed by atoms with van der Waals surface area (Å²) in [7, 11) is 1.79. The fraction of sp³-hybridized carbons (Fsp3) is 0.733. The number of aryl methyl sites for hydroxylation is 2. The number of aliphatic hydroxyl groups is 1. The molecule has 1 aromatic rings. The summed E-state index contributed by atoms with van der Waals surface area (Å²) in [5.74, 6) is 0.976. The number of hydrogen-bond donors (Lipinski definition) is 3. The molecule has 1 unspecified atom stereocenters. The summed E-state index contributed by atoms with van der Waals surface area (Å²) in [5, 5.41) is 19.7. The maximum atomic E-state index is 12.2. The van der Waals surface area contributed by atoms with Gasteiger partial charge in [0, 0.05) is 13.1 Å². The number of aliphatic hydroxyl groups excluding tert-OH is 1. The topological polar surface area (TPSA) is 79.2 Å². The molecule has 6 heteroatoms. The summed E-state index contributed by atoms with van der Waals surface area (Å²) in [6.45, 7) is 3.76. The van der Waals surface area contributed by atoms with Crippen LogP contribution < -0.4 is 10.6 Å². The van der Waals surface area contributed by atoms with E-state index < -0.39 is 5.54 Å². The summed E-state index contributed by atoms with van der Waals surface area (Å²) in [4.78, 5) is 12.2. The van der Waals surface area contributed by atoms with Gasteiger partial charge in [-0.1, -0.05) is 19.3 Å². The van der Waals surface area contributed by atoms with Crippen LogP contribution in [0.15, 0.2) is 6.07 Å². The second-order valence-electron chi connectivity index (χ2n) is 6.28. The van der Waals surface area contributed by atoms with Gasteiger partial charge in [0.05, 0.1) is 17.8 Å². The molecule has 1 aliphatic rings. The number of urea groups is 1. The van der Waals surface area contributed by atoms with Crippen molar-refractivity contribution in [2.75, 3.05) is 11.9 Å². The van der Waals surface area contributed by atoms with E-state index >= 15 is 0 Å². The third-order valence-corrected chi connectivity index (χ3v) is 4.48. The molecule has 0 spiro atoms. The third kappa shape index (κ3) is 3.75. The molecule has 21 heavy (non-hydrogen) atoms. The molecule has 2 amide bonds. The van der Waals surface area contributed by atoms with Crippen LogP contribution in [0, 0.1) is 12.8 Å². The van der Waals surface area contributed by atoms with E-state index in [1.165, 1.54) is 19.3 Å². The highest BCUT2D eigenvalue weighted by Crippen LogP contribution is 2.32. The number of carbonyl (C=O) groups excluding carboxylic acids is 1. The number of carbonyl (C=O) groups is 1. The Morgan fingerprint density at radius 2 is 2.14 bits per heavy atom. The number of amides is 2. The van der Waals surface area contributed by atoms with Crippen molar-refractivity contribution in [2.24, 2.45) is 13.0 Å². The summed E-state index contributed by atoms with van der Waals surface area (Å²) in [6.07, 6.45) is 5.71. The van der Waals surface area contributed by atoms with Gasteiger partial charge in [0.15, 0.2) is 0 Å². The standard InChI is InChI=1S/C15H26N4O2/c1-11-9-13(19(3)18-11)16-14(21)17-15(2,10-20)12-7-5-4-6-8-12/h9,12,20H,4-8,10H2,1-3H3,(H2,16,17,21). The minimum Gasteiger partial charge on any atom is -0.394 e. The fourth-order valence-corrected chi connectivity index (χ4v) is 3.14. The Morgan fingerprint density at radius 1 is 1.48 bits per heavy atom. The first-order valence-corrected chi connectivity index (χ1v) is 7.65. The summed E-state index contributed by atoms with van der Waals surface area (Å²) in [6, 6.07) is 1.52. The molecule has 0 bridgehead atoms. The molecule has 1 heterocycles. The summed E-state index contributed by atoms with van der Waals surface area (Å²) in [5.41, 5.74) is 0.281. The van der Waals surface area contributed by atoms with Gasteiger partial charge in [0.2, 0.25) is 0 Å². The molecular formula is C15H26N4O2. The zero-order chi connectivity index (χ0) is 15.5. The van der Waals surface area contributed by atoms with Gasteiger partial charge in [-0.05, 0) is 32.6 Å². The van der Waals surface area contributed by atoms with Crippen molar-refractivity contribution in [1.82, 2.24) is 15.1 Å². The van der Waals surface area contributed by atoms with Gasteiger partial charge in [-0.2, -0.15) is 5.10 Å². The first kappa shape index (κ1) is 15.8. The Balaban J connectivity index is 2.00. The van der Waals surface area contributed by atoms with Crippen LogP contribution in [-0.2, 0) is 7.05 Å². The molecule has 1 saturated carbocycles. The maximum absolute atomic E-state index is 12.2. The molecular weight excluding hydrogens is 268 g/mol. The van der Waals surface area contributed by atoms with Crippen LogP contribution in [0.25, 0.3) is 0 Å². The zero-order valence-corrected chi connectivity index (χ0v) is 13.1. The van der Waals surface area contributed by atoms with Crippen molar-refractivity contribution in [3.8, 4) is 0 Å². The predicted molar refractivity (Wildman–Crippen MR) is 82.2 cm³/mol. The van der Waals surface area contributed by atoms with E-state index in [1.54, 1.807) is 11.7 Å². The molecule has 3 N–H and O–H groups in total. The van der Waals surface area contributed by atoms with Crippen molar-refractivity contribution in [3.05, 3.63) is 11.8 Å². The van der Waals surface area contributed by atoms with Gasteiger partial charge in [0.1, 0.15) is 5.82 Å². The minimum absolute atomic E-state index is 0.0461. The van der Waals surface area contributed by atoms with Crippen molar-refractivity contribution in [1.29, 1.82) is 0 Å². The van der Waals surface area contributed by atoms with Crippen LogP contribution >= 0.6 is 0 Å². The molecule has 0 saturated heterocycles. The van der Waals surface area contributed by atoms with E-state index in [1.807, 2.05) is 19.9 Å². The predicted octanol–water partition coefficient (Wildman–Crippen LogP) is 2.18. The lowest BCUT2D eigenvalue weighted by Crippen LogP contribution is -2.56. The molecule has 1 aromatic heterocycles. The molecule has 1 atom stereocenters. The average Bonchev–Trinajstić information content (AvgIpc) is 2.77. The van der Waals surface area contributed by atoms with E-state index in [-0.39, 0.29) is 12.6 Å². The smallest absolute Gasteiger partial charge is 0.320 e. The van der Waals surface area contributed by atoms with E-state index in [9.17, 15) is 9.90 Å². The zero-order valence-electron chi connectivity index (χ0n) is 13.1. The molecule has 0 aliphatic heterocycles. The van der Waals surface area contributed by atoms with Gasteiger partial charge in [-0.25, -0.2) is 4.79 Å². The molecule has 0 radical (unpaired) electrons. The van der Waals surface area contributed by atoms with Crippen LogP contribution in [0.4, 0.5) is 10.6 Å². The Labute approximate surface area is 125 Å². The SMILES string of the molecule is Cc1cc(NC(=O)NC(C)(CO)C2CCCCC2)n(C)n1. The van der Waals surface area contributed by atoms with E-state index in [4.69, 9.17) is 0 Å². The van der Waals surface area contributed by atoms with Crippen molar-refractivity contribution in [2.45, 2.75) is 51.5 Å². The second kappa shape index (κ2) is 6.47. The average molecular weight is 294 g/mol. The Bertz CT molecular complexity index is 494. The van der Waals surface area contributed by atoms with Crippen LogP contribution in [0.5, 0.6) is 0 Å². The van der Waals surface area contributed by atoms with Gasteiger partial charge < -0.3 is 10.4 Å². The monoisotopic (exact) mass is 294 g/mol. The van der Waals surface area contributed by atoms with E-state index in [0.717, 1.165) is 18.5 Å². The molecule has 1 aliphatic carbocycles. The second-order valence-corrected chi connectivity index (χ2v) is 6.28. The van der Waals surface area contributed by atoms with Crippen LogP contribution in [0.2, 0.25) is 0 Å². The van der Waals surface area contributed by atoms with Crippen LogP contribution in [0.1, 0.15) is 44.7 Å². The third-order valence-electron chi connectivity index (χ3n) is 4.48. The normalized spacial score (nSPS) is 19.0. The van der Waals surface area contributed by atoms with Crippen molar-refractivity contribution in [3.63, 3.8) is 0 Å². The highest BCUT2D eigenvalue weighted by atomic mass is 16.3. The van der Waals surface area contributed by atoms with Crippen molar-refractivity contribution >= 4 is 11.8 Å². The van der Waals surface area contributed by atoms with Crippen LogP contribution in [-0.4, -0.2) is 33.1 Å². The van der Waals surface area contributed by atoms with Gasteiger partial charge in [-0.3, -0.25) is 10.00 Å². The molecule has 1 fully saturated rings. The largest absolute Gasteiger partial charge is 0.394 e. The number of hydrogen-bond acceptors (Lipinski definition) is 3. The maximum Gasteiger partial charge on any atom is 0.320 e. The lowest BCUT2D eigenvalue weighted by Gasteiger charge is -2.39. The van der Waals surface area contributed by atoms with Gasteiger partial charge in [0.25, 0.3) is 0 Å². The first-order valence-electron chi connectivity index (χ1n) is 7.65. The molecule has 118 valence electrons. The molecule has 2 rings (SSSR count). The number of aromatic nitrogens is 2. The Hall–Kier alpha value is -1.56. The number of rotatable bonds is 4. The van der Waals surface area contributed by atoms with Gasteiger partial charge in [-0.15, -0.1) is 0 Å². The van der Waals surface area contributed by atoms with Crippen molar-refractivity contribution < 1.29 is 9.90 Å². The van der Waals surface area contributed by atoms with Crippen LogP contribution in [0.3, 0.4) is 0 Å². The fourth-order valence-electron chi connectivity index (χ4n) is 3.14. The number of nitrogens with zero attached hydrogens (tertiary/aromatic N) is 2. The van der Waals surface area contributed by atoms with Gasteiger partial charge >= 0.3 is 6.03 Å². The molecule has 6 nitrogen and oxygen atoms in total. The summed E-state index contributed by atoms with van der Waals surface area (Å²) < 4.78 is 1.63. The highest BCUT2D eigenvalue weighted by Gasteiger charge is 2.35. The first-order chi connectivity index (χ1) is 9.94. The highest BCUT2D eigenvalue weighted by molar-refractivity contribution is 5.89. The molecule has 0 aromatic carbocycles. The van der Waals surface area contributed by atoms with E-state index in [0.29, 0.717) is 11.7 Å². The number of anilines is 1.